The molecule has 5 nitrogen and oxygen atoms in total. The Morgan fingerprint density at radius 3 is 2.61 bits per heavy atom. The number of oxime groups is 1. The lowest BCUT2D eigenvalue weighted by Crippen LogP contribution is -2.01. The van der Waals surface area contributed by atoms with Gasteiger partial charge in [0, 0.05) is 26.7 Å². The van der Waals surface area contributed by atoms with Crippen molar-refractivity contribution in [2.45, 2.75) is 13.2 Å². The summed E-state index contributed by atoms with van der Waals surface area (Å²) in [6.45, 7) is 0.481. The second kappa shape index (κ2) is 11.2. The molecule has 0 N–H and O–H groups in total. The quantitative estimate of drug-likeness (QED) is 0.175. The number of halogens is 3. The molecule has 0 saturated heterocycles. The van der Waals surface area contributed by atoms with Crippen molar-refractivity contribution in [2.75, 3.05) is 7.11 Å². The highest BCUT2D eigenvalue weighted by Crippen LogP contribution is 2.35. The number of hydrogen-bond acceptors (Lipinski definition) is 5. The van der Waals surface area contributed by atoms with E-state index >= 15 is 0 Å². The lowest BCUT2D eigenvalue weighted by molar-refractivity contribution is 0.132. The number of methoxy groups -OCH3 is 1. The highest BCUT2D eigenvalue weighted by atomic mass is 127. The van der Waals surface area contributed by atoms with Crippen molar-refractivity contribution in [3.63, 3.8) is 0 Å². The molecule has 8 heteroatoms. The maximum absolute atomic E-state index is 9.13. The smallest absolute Gasteiger partial charge is 0.174 e. The molecule has 0 unspecified atom stereocenters. The fraction of sp³-hybridized carbons (Fsp3) is 0.130. The van der Waals surface area contributed by atoms with Gasteiger partial charge in [0.15, 0.2) is 11.5 Å². The summed E-state index contributed by atoms with van der Waals surface area (Å²) in [6.07, 6.45) is 1.58. The fourth-order valence-corrected chi connectivity index (χ4v) is 3.95. The van der Waals surface area contributed by atoms with E-state index in [0.717, 1.165) is 20.3 Å². The van der Waals surface area contributed by atoms with Crippen molar-refractivity contribution in [1.29, 1.82) is 5.26 Å². The molecule has 0 spiro atoms. The van der Waals surface area contributed by atoms with Gasteiger partial charge in [-0.15, -0.1) is 0 Å². The van der Waals surface area contributed by atoms with Crippen LogP contribution < -0.4 is 9.47 Å². The third kappa shape index (κ3) is 6.26. The van der Waals surface area contributed by atoms with Crippen LogP contribution in [0.4, 0.5) is 0 Å². The van der Waals surface area contributed by atoms with E-state index in [0.29, 0.717) is 27.1 Å². The van der Waals surface area contributed by atoms with Gasteiger partial charge >= 0.3 is 0 Å². The minimum absolute atomic E-state index is 0.206. The normalized spacial score (nSPS) is 10.7. The second-order valence-corrected chi connectivity index (χ2v) is 8.34. The number of nitriles is 1. The maximum atomic E-state index is 9.13. The van der Waals surface area contributed by atoms with E-state index in [2.05, 4.69) is 33.8 Å². The van der Waals surface area contributed by atoms with Crippen LogP contribution in [-0.2, 0) is 18.1 Å². The van der Waals surface area contributed by atoms with Gasteiger partial charge in [0.05, 0.1) is 28.5 Å². The van der Waals surface area contributed by atoms with Gasteiger partial charge in [0.1, 0.15) is 13.2 Å². The predicted molar refractivity (Wildman–Crippen MR) is 130 cm³/mol. The van der Waals surface area contributed by atoms with Gasteiger partial charge in [-0.05, 0) is 52.9 Å². The molecule has 0 radical (unpaired) electrons. The molecular weight excluding hydrogens is 550 g/mol. The zero-order chi connectivity index (χ0) is 22.2. The Labute approximate surface area is 204 Å². The van der Waals surface area contributed by atoms with Gasteiger partial charge in [0.25, 0.3) is 0 Å². The lowest BCUT2D eigenvalue weighted by Gasteiger charge is -2.14. The van der Waals surface area contributed by atoms with E-state index in [9.17, 15) is 0 Å². The Bertz CT molecular complexity index is 1150. The first kappa shape index (κ1) is 23.2. The van der Waals surface area contributed by atoms with Crippen LogP contribution in [0.25, 0.3) is 0 Å². The molecule has 0 atom stereocenters. The van der Waals surface area contributed by atoms with Crippen LogP contribution in [0.1, 0.15) is 22.3 Å². The van der Waals surface area contributed by atoms with Gasteiger partial charge in [-0.2, -0.15) is 5.26 Å². The number of hydrogen-bond donors (Lipinski definition) is 0. The summed E-state index contributed by atoms with van der Waals surface area (Å²) >= 11 is 14.3. The predicted octanol–water partition coefficient (Wildman–Crippen LogP) is 6.61. The van der Waals surface area contributed by atoms with Gasteiger partial charge < -0.3 is 14.3 Å². The van der Waals surface area contributed by atoms with Crippen molar-refractivity contribution in [3.8, 4) is 17.6 Å². The van der Waals surface area contributed by atoms with Gasteiger partial charge in [-0.25, -0.2) is 0 Å². The van der Waals surface area contributed by atoms with Gasteiger partial charge in [-0.1, -0.05) is 52.6 Å². The number of benzene rings is 3. The third-order valence-corrected chi connectivity index (χ3v) is 5.66. The molecule has 0 aliphatic rings. The van der Waals surface area contributed by atoms with Gasteiger partial charge in [0.2, 0.25) is 0 Å². The van der Waals surface area contributed by atoms with Crippen molar-refractivity contribution >= 4 is 52.0 Å². The van der Waals surface area contributed by atoms with Gasteiger partial charge in [-0.3, -0.25) is 0 Å². The molecule has 3 aromatic carbocycles. The third-order valence-electron chi connectivity index (χ3n) is 4.27. The topological polar surface area (TPSA) is 63.8 Å². The van der Waals surface area contributed by atoms with E-state index < -0.39 is 0 Å². The standard InChI is InChI=1S/C23H17Cl2IN2O3/c1-29-22-9-15(12-28-31-14-17-5-3-2-4-16(17)11-27)8-21(26)23(22)30-13-18-6-7-19(24)10-20(18)25/h2-10,12H,13-14H2,1H3/b28-12-. The Kier molecular flexibility index (Phi) is 8.41. The molecular formula is C23H17Cl2IN2O3. The number of ether oxygens (including phenoxy) is 2. The summed E-state index contributed by atoms with van der Waals surface area (Å²) < 4.78 is 12.3. The first-order valence-corrected chi connectivity index (χ1v) is 10.9. The number of rotatable bonds is 8. The lowest BCUT2D eigenvalue weighted by atomic mass is 10.1. The minimum Gasteiger partial charge on any atom is -0.493 e. The summed E-state index contributed by atoms with van der Waals surface area (Å²) in [4.78, 5) is 5.36. The van der Waals surface area contributed by atoms with Crippen molar-refractivity contribution in [3.05, 3.63) is 90.5 Å². The molecule has 158 valence electrons. The summed E-state index contributed by atoms with van der Waals surface area (Å²) in [6, 6.07) is 18.3. The van der Waals surface area contributed by atoms with Crippen molar-refractivity contribution in [2.24, 2.45) is 5.16 Å². The molecule has 0 aliphatic carbocycles. The highest BCUT2D eigenvalue weighted by molar-refractivity contribution is 14.1. The highest BCUT2D eigenvalue weighted by Gasteiger charge is 2.13. The fourth-order valence-electron chi connectivity index (χ4n) is 2.70. The molecule has 3 rings (SSSR count). The second-order valence-electron chi connectivity index (χ2n) is 6.34. The van der Waals surface area contributed by atoms with Crippen LogP contribution in [0.2, 0.25) is 10.0 Å². The average Bonchev–Trinajstić information content (AvgIpc) is 2.77. The average molecular weight is 567 g/mol. The van der Waals surface area contributed by atoms with E-state index in [4.69, 9.17) is 42.8 Å². The Hall–Kier alpha value is -2.47. The summed E-state index contributed by atoms with van der Waals surface area (Å²) in [7, 11) is 1.57. The Morgan fingerprint density at radius 1 is 1.06 bits per heavy atom. The molecule has 0 aromatic heterocycles. The minimum atomic E-state index is 0.206. The maximum Gasteiger partial charge on any atom is 0.174 e. The van der Waals surface area contributed by atoms with Crippen LogP contribution in [-0.4, -0.2) is 13.3 Å². The van der Waals surface area contributed by atoms with Crippen molar-refractivity contribution < 1.29 is 14.3 Å². The first-order valence-electron chi connectivity index (χ1n) is 9.09. The monoisotopic (exact) mass is 566 g/mol. The molecule has 0 aliphatic heterocycles. The van der Waals surface area contributed by atoms with Crippen LogP contribution in [0, 0.1) is 14.9 Å². The molecule has 31 heavy (non-hydrogen) atoms. The Morgan fingerprint density at radius 2 is 1.87 bits per heavy atom. The Balaban J connectivity index is 1.68. The van der Waals surface area contributed by atoms with Crippen LogP contribution in [0.3, 0.4) is 0 Å². The summed E-state index contributed by atoms with van der Waals surface area (Å²) in [5, 5.41) is 14.2. The van der Waals surface area contributed by atoms with Crippen LogP contribution >= 0.6 is 45.8 Å². The van der Waals surface area contributed by atoms with E-state index in [1.165, 1.54) is 0 Å². The molecule has 0 amide bonds. The van der Waals surface area contributed by atoms with E-state index in [1.54, 1.807) is 37.6 Å². The summed E-state index contributed by atoms with van der Waals surface area (Å²) in [5.41, 5.74) is 2.95. The van der Waals surface area contributed by atoms with Crippen LogP contribution in [0.5, 0.6) is 11.5 Å². The molecule has 3 aromatic rings. The van der Waals surface area contributed by atoms with E-state index in [-0.39, 0.29) is 13.2 Å². The SMILES string of the molecule is COc1cc(/C=N\OCc2ccccc2C#N)cc(I)c1OCc1ccc(Cl)cc1Cl. The number of nitrogens with zero attached hydrogens (tertiary/aromatic N) is 2. The first-order chi connectivity index (χ1) is 15.0. The molecule has 0 saturated carbocycles. The van der Waals surface area contributed by atoms with Crippen molar-refractivity contribution in [1.82, 2.24) is 0 Å². The van der Waals surface area contributed by atoms with Crippen LogP contribution in [0.15, 0.2) is 59.8 Å². The zero-order valence-electron chi connectivity index (χ0n) is 16.4. The largest absolute Gasteiger partial charge is 0.493 e. The molecule has 0 bridgehead atoms. The van der Waals surface area contributed by atoms with E-state index in [1.807, 2.05) is 30.3 Å². The molecule has 0 fully saturated rings. The zero-order valence-corrected chi connectivity index (χ0v) is 20.1. The summed E-state index contributed by atoms with van der Waals surface area (Å²) in [5.74, 6) is 1.17. The molecule has 0 heterocycles.